The average Bonchev–Trinajstić information content (AvgIpc) is 3.50. The lowest BCUT2D eigenvalue weighted by Crippen LogP contribution is -2.36. The zero-order chi connectivity index (χ0) is 26.0. The first kappa shape index (κ1) is 25.2. The van der Waals surface area contributed by atoms with E-state index in [1.807, 2.05) is 6.07 Å². The minimum absolute atomic E-state index is 0.0336. The summed E-state index contributed by atoms with van der Waals surface area (Å²) in [6.45, 7) is 2.71. The van der Waals surface area contributed by atoms with Crippen molar-refractivity contribution in [2.24, 2.45) is 0 Å². The zero-order valence-corrected chi connectivity index (χ0v) is 19.1. The van der Waals surface area contributed by atoms with Crippen LogP contribution in [0.4, 0.5) is 34.0 Å². The van der Waals surface area contributed by atoms with Gasteiger partial charge in [0.25, 0.3) is 0 Å². The fraction of sp³-hybridized carbons (Fsp3) is 0.476. The summed E-state index contributed by atoms with van der Waals surface area (Å²) in [5.41, 5.74) is 0.647. The van der Waals surface area contributed by atoms with E-state index < -0.39 is 37.3 Å². The number of nitrogens with zero attached hydrogens (tertiary/aromatic N) is 5. The number of aromatic amines is 1. The highest BCUT2D eigenvalue weighted by Gasteiger charge is 2.41. The number of alkyl carbamates (subject to hydrolysis) is 1. The Hall–Kier alpha value is -3.93. The summed E-state index contributed by atoms with van der Waals surface area (Å²) in [5.74, 6) is -0.255. The Morgan fingerprint density at radius 3 is 2.83 bits per heavy atom. The standard InChI is InChI=1S/C21H22F4N8O3/c1-10(2)27-20(34)36-16-4-3-13(18(16)22)14-6-17(31-30-14)29-19-15-5-11(9-35-21(23,24)25)32-33(15)8-12(7-26)28-19/h5-6,8,10,13,16,18H,3-4,9H2,1-2H3,(H,27,34)(H2,28,29,30,31)/t13-,16-,18-/m1/s1. The van der Waals surface area contributed by atoms with E-state index in [4.69, 9.17) is 4.74 Å². The molecule has 1 saturated carbocycles. The van der Waals surface area contributed by atoms with Crippen LogP contribution >= 0.6 is 0 Å². The van der Waals surface area contributed by atoms with Crippen LogP contribution in [0.25, 0.3) is 5.52 Å². The fourth-order valence-electron chi connectivity index (χ4n) is 3.91. The predicted octanol–water partition coefficient (Wildman–Crippen LogP) is 3.82. The minimum atomic E-state index is -4.82. The van der Waals surface area contributed by atoms with Gasteiger partial charge >= 0.3 is 12.5 Å². The number of H-pyrrole nitrogens is 1. The van der Waals surface area contributed by atoms with Crippen LogP contribution in [0.15, 0.2) is 18.3 Å². The third-order valence-corrected chi connectivity index (χ3v) is 5.41. The molecule has 0 bridgehead atoms. The van der Waals surface area contributed by atoms with Crippen molar-refractivity contribution in [1.82, 2.24) is 30.1 Å². The molecule has 15 heteroatoms. The van der Waals surface area contributed by atoms with E-state index in [0.29, 0.717) is 18.5 Å². The number of hydrogen-bond acceptors (Lipinski definition) is 8. The van der Waals surface area contributed by atoms with Gasteiger partial charge in [-0.3, -0.25) is 9.84 Å². The molecule has 3 aromatic heterocycles. The number of aromatic nitrogens is 5. The van der Waals surface area contributed by atoms with Gasteiger partial charge in [0.15, 0.2) is 17.3 Å². The Kier molecular flexibility index (Phi) is 6.97. The van der Waals surface area contributed by atoms with E-state index in [1.165, 1.54) is 16.8 Å². The van der Waals surface area contributed by atoms with Crippen molar-refractivity contribution in [2.45, 2.75) is 63.9 Å². The largest absolute Gasteiger partial charge is 0.522 e. The monoisotopic (exact) mass is 510 g/mol. The molecule has 192 valence electrons. The summed E-state index contributed by atoms with van der Waals surface area (Å²) in [6.07, 6.45) is -5.84. The van der Waals surface area contributed by atoms with Gasteiger partial charge in [-0.05, 0) is 32.8 Å². The Morgan fingerprint density at radius 2 is 2.14 bits per heavy atom. The summed E-state index contributed by atoms with van der Waals surface area (Å²) in [6, 6.07) is 4.59. The molecule has 3 atom stereocenters. The minimum Gasteiger partial charge on any atom is -0.443 e. The lowest BCUT2D eigenvalue weighted by molar-refractivity contribution is -0.330. The molecule has 1 aliphatic rings. The normalized spacial score (nSPS) is 20.0. The number of carbonyl (C=O) groups is 1. The van der Waals surface area contributed by atoms with E-state index in [-0.39, 0.29) is 34.6 Å². The maximum absolute atomic E-state index is 15.0. The van der Waals surface area contributed by atoms with Crippen molar-refractivity contribution < 1.29 is 31.8 Å². The van der Waals surface area contributed by atoms with E-state index in [1.54, 1.807) is 19.9 Å². The summed E-state index contributed by atoms with van der Waals surface area (Å²) >= 11 is 0. The predicted molar refractivity (Wildman–Crippen MR) is 116 cm³/mol. The first-order valence-electron chi connectivity index (χ1n) is 11.0. The number of anilines is 2. The molecule has 3 aromatic rings. The Labute approximate surface area is 201 Å². The molecule has 0 saturated heterocycles. The van der Waals surface area contributed by atoms with Crippen molar-refractivity contribution in [3.63, 3.8) is 0 Å². The smallest absolute Gasteiger partial charge is 0.443 e. The van der Waals surface area contributed by atoms with E-state index in [9.17, 15) is 23.2 Å². The number of fused-ring (bicyclic) bond motifs is 1. The van der Waals surface area contributed by atoms with Crippen LogP contribution < -0.4 is 10.6 Å². The van der Waals surface area contributed by atoms with Gasteiger partial charge in [-0.15, -0.1) is 13.2 Å². The topological polar surface area (TPSA) is 142 Å². The van der Waals surface area contributed by atoms with Gasteiger partial charge in [0.2, 0.25) is 0 Å². The number of ether oxygens (including phenoxy) is 2. The number of nitrogens with one attached hydrogen (secondary N) is 3. The number of alkyl halides is 4. The molecule has 0 unspecified atom stereocenters. The lowest BCUT2D eigenvalue weighted by Gasteiger charge is -2.18. The SMILES string of the molecule is CC(C)NC(=O)O[C@@H]1CC[C@H](c2cc(Nc3nc(C#N)cn4nc(COC(F)(F)F)cc34)n[nH]2)[C@H]1F. The van der Waals surface area contributed by atoms with Crippen LogP contribution in [-0.4, -0.2) is 55.6 Å². The van der Waals surface area contributed by atoms with Crippen LogP contribution in [0.5, 0.6) is 0 Å². The molecule has 4 rings (SSSR count). The van der Waals surface area contributed by atoms with Crippen LogP contribution in [0, 0.1) is 11.3 Å². The molecule has 3 N–H and O–H groups in total. The molecule has 1 aliphatic carbocycles. The van der Waals surface area contributed by atoms with E-state index >= 15 is 4.39 Å². The maximum atomic E-state index is 15.0. The Morgan fingerprint density at radius 1 is 1.36 bits per heavy atom. The molecule has 0 radical (unpaired) electrons. The van der Waals surface area contributed by atoms with Crippen LogP contribution in [0.1, 0.15) is 49.7 Å². The Bertz CT molecular complexity index is 1280. The highest BCUT2D eigenvalue weighted by Crippen LogP contribution is 2.38. The first-order valence-corrected chi connectivity index (χ1v) is 11.0. The molecule has 3 heterocycles. The quantitative estimate of drug-likeness (QED) is 0.407. The van der Waals surface area contributed by atoms with Gasteiger partial charge in [0.1, 0.15) is 30.5 Å². The highest BCUT2D eigenvalue weighted by molar-refractivity contribution is 5.73. The third-order valence-electron chi connectivity index (χ3n) is 5.41. The lowest BCUT2D eigenvalue weighted by atomic mass is 10.0. The van der Waals surface area contributed by atoms with E-state index in [0.717, 1.165) is 0 Å². The van der Waals surface area contributed by atoms with Crippen molar-refractivity contribution in [1.29, 1.82) is 5.26 Å². The molecule has 0 aromatic carbocycles. The number of rotatable bonds is 7. The first-order chi connectivity index (χ1) is 17.0. The van der Waals surface area contributed by atoms with Gasteiger partial charge < -0.3 is 15.4 Å². The van der Waals surface area contributed by atoms with Gasteiger partial charge in [0.05, 0.1) is 11.9 Å². The number of carbonyl (C=O) groups excluding carboxylic acids is 1. The van der Waals surface area contributed by atoms with Crippen molar-refractivity contribution in [2.75, 3.05) is 5.32 Å². The summed E-state index contributed by atoms with van der Waals surface area (Å²) < 4.78 is 62.4. The van der Waals surface area contributed by atoms with Gasteiger partial charge in [-0.2, -0.15) is 15.5 Å². The zero-order valence-electron chi connectivity index (χ0n) is 19.1. The second-order valence-corrected chi connectivity index (χ2v) is 8.49. The van der Waals surface area contributed by atoms with Gasteiger partial charge in [-0.25, -0.2) is 18.7 Å². The second-order valence-electron chi connectivity index (χ2n) is 8.49. The third kappa shape index (κ3) is 5.82. The summed E-state index contributed by atoms with van der Waals surface area (Å²) in [4.78, 5) is 16.0. The number of hydrogen-bond donors (Lipinski definition) is 3. The van der Waals surface area contributed by atoms with Crippen LogP contribution in [0.3, 0.4) is 0 Å². The van der Waals surface area contributed by atoms with Crippen LogP contribution in [-0.2, 0) is 16.1 Å². The van der Waals surface area contributed by atoms with Crippen LogP contribution in [0.2, 0.25) is 0 Å². The molecular weight excluding hydrogens is 488 g/mol. The second kappa shape index (κ2) is 9.97. The van der Waals surface area contributed by atoms with Gasteiger partial charge in [-0.1, -0.05) is 0 Å². The maximum Gasteiger partial charge on any atom is 0.522 e. The fourth-order valence-corrected chi connectivity index (χ4v) is 3.91. The molecule has 11 nitrogen and oxygen atoms in total. The number of nitriles is 1. The number of amides is 1. The molecule has 1 fully saturated rings. The van der Waals surface area contributed by atoms with Crippen molar-refractivity contribution in [3.8, 4) is 6.07 Å². The summed E-state index contributed by atoms with van der Waals surface area (Å²) in [5, 5.41) is 25.6. The van der Waals surface area contributed by atoms with Gasteiger partial charge in [0, 0.05) is 23.7 Å². The molecule has 36 heavy (non-hydrogen) atoms. The molecular formula is C21H22F4N8O3. The Balaban J connectivity index is 1.49. The van der Waals surface area contributed by atoms with Crippen molar-refractivity contribution >= 4 is 23.2 Å². The average molecular weight is 510 g/mol. The number of halogens is 4. The molecule has 0 aliphatic heterocycles. The molecule has 0 spiro atoms. The van der Waals surface area contributed by atoms with Crippen molar-refractivity contribution in [3.05, 3.63) is 35.4 Å². The van der Waals surface area contributed by atoms with E-state index in [2.05, 4.69) is 35.7 Å². The summed E-state index contributed by atoms with van der Waals surface area (Å²) in [7, 11) is 0. The molecule has 1 amide bonds. The highest BCUT2D eigenvalue weighted by atomic mass is 19.4.